The second kappa shape index (κ2) is 11.1. The zero-order chi connectivity index (χ0) is 24.9. The lowest BCUT2D eigenvalue weighted by Gasteiger charge is -2.37. The number of morpholine rings is 1. The average molecular weight is 498 g/mol. The zero-order valence-corrected chi connectivity index (χ0v) is 19.8. The summed E-state index contributed by atoms with van der Waals surface area (Å²) >= 11 is 5.49. The number of ether oxygens (including phenoxy) is 1. The van der Waals surface area contributed by atoms with Crippen molar-refractivity contribution in [1.82, 2.24) is 9.80 Å². The summed E-state index contributed by atoms with van der Waals surface area (Å²) in [5, 5.41) is 3.54. The van der Waals surface area contributed by atoms with Gasteiger partial charge in [-0.05, 0) is 66.7 Å². The van der Waals surface area contributed by atoms with Gasteiger partial charge in [0.1, 0.15) is 5.82 Å². The Hall–Kier alpha value is -2.72. The van der Waals surface area contributed by atoms with Crippen LogP contribution in [0, 0.1) is 11.7 Å². The predicted molar refractivity (Wildman–Crippen MR) is 126 cm³/mol. The van der Waals surface area contributed by atoms with E-state index < -0.39 is 11.7 Å². The smallest absolute Gasteiger partial charge is 0.373 e. The topological polar surface area (TPSA) is 44.8 Å². The molecule has 34 heavy (non-hydrogen) atoms. The van der Waals surface area contributed by atoms with Gasteiger partial charge in [-0.2, -0.15) is 13.2 Å². The lowest BCUT2D eigenvalue weighted by Crippen LogP contribution is -2.52. The molecule has 0 bridgehead atoms. The van der Waals surface area contributed by atoms with Gasteiger partial charge < -0.3 is 19.9 Å². The number of carbonyl (C=O) groups is 1. The van der Waals surface area contributed by atoms with Crippen molar-refractivity contribution in [2.45, 2.75) is 26.1 Å². The molecule has 0 aromatic heterocycles. The molecule has 1 atom stereocenters. The Bertz CT molecular complexity index is 981. The van der Waals surface area contributed by atoms with Gasteiger partial charge >= 0.3 is 6.18 Å². The minimum Gasteiger partial charge on any atom is -0.373 e. The number of rotatable bonds is 6. The third kappa shape index (κ3) is 7.14. The average Bonchev–Trinajstić information content (AvgIpc) is 2.79. The monoisotopic (exact) mass is 497 g/mol. The van der Waals surface area contributed by atoms with Gasteiger partial charge in [0.15, 0.2) is 5.11 Å². The fourth-order valence-corrected chi connectivity index (χ4v) is 3.94. The van der Waals surface area contributed by atoms with Crippen LogP contribution < -0.4 is 5.32 Å². The van der Waals surface area contributed by atoms with E-state index in [1.54, 1.807) is 17.0 Å². The molecule has 1 saturated heterocycles. The molecular formula is C24H27F4N3O2S. The van der Waals surface area contributed by atoms with E-state index in [0.29, 0.717) is 37.0 Å². The molecule has 1 fully saturated rings. The normalized spacial score (nSPS) is 16.4. The largest absolute Gasteiger partial charge is 0.416 e. The Morgan fingerprint density at radius 2 is 1.82 bits per heavy atom. The zero-order valence-electron chi connectivity index (χ0n) is 18.9. The number of alkyl halides is 3. The van der Waals surface area contributed by atoms with Crippen LogP contribution in [0.3, 0.4) is 0 Å². The first-order valence-electron chi connectivity index (χ1n) is 10.9. The summed E-state index contributed by atoms with van der Waals surface area (Å²) in [4.78, 5) is 16.6. The Balaban J connectivity index is 1.66. The lowest BCUT2D eigenvalue weighted by molar-refractivity contribution is -0.137. The second-order valence-corrected chi connectivity index (χ2v) is 8.94. The van der Waals surface area contributed by atoms with Gasteiger partial charge in [0.05, 0.1) is 18.3 Å². The van der Waals surface area contributed by atoms with E-state index in [-0.39, 0.29) is 35.9 Å². The van der Waals surface area contributed by atoms with E-state index in [0.717, 1.165) is 12.1 Å². The molecule has 0 spiro atoms. The second-order valence-electron chi connectivity index (χ2n) is 8.55. The van der Waals surface area contributed by atoms with Crippen LogP contribution in [0.2, 0.25) is 0 Å². The van der Waals surface area contributed by atoms with Crippen molar-refractivity contribution in [2.24, 2.45) is 5.92 Å². The molecule has 5 nitrogen and oxygen atoms in total. The molecule has 2 aromatic carbocycles. The van der Waals surface area contributed by atoms with E-state index in [1.807, 2.05) is 18.7 Å². The number of amides is 1. The fourth-order valence-electron chi connectivity index (χ4n) is 3.66. The number of thiocarbonyl (C=S) groups is 1. The molecule has 10 heteroatoms. The number of hydrogen-bond donors (Lipinski definition) is 1. The molecule has 0 aliphatic carbocycles. The van der Waals surface area contributed by atoms with Crippen LogP contribution in [-0.2, 0) is 10.9 Å². The summed E-state index contributed by atoms with van der Waals surface area (Å²) in [5.41, 5.74) is 0.0519. The highest BCUT2D eigenvalue weighted by Crippen LogP contribution is 2.29. The van der Waals surface area contributed by atoms with Crippen molar-refractivity contribution in [3.8, 4) is 0 Å². The van der Waals surface area contributed by atoms with Crippen LogP contribution in [0.1, 0.15) is 29.8 Å². The molecule has 1 amide bonds. The van der Waals surface area contributed by atoms with Crippen molar-refractivity contribution in [1.29, 1.82) is 0 Å². The number of benzene rings is 2. The first-order chi connectivity index (χ1) is 16.0. The van der Waals surface area contributed by atoms with Gasteiger partial charge in [0.25, 0.3) is 5.91 Å². The molecular weight excluding hydrogens is 470 g/mol. The number of nitrogens with one attached hydrogen (secondary N) is 1. The predicted octanol–water partition coefficient (Wildman–Crippen LogP) is 5.04. The molecule has 1 heterocycles. The van der Waals surface area contributed by atoms with E-state index in [9.17, 15) is 22.4 Å². The van der Waals surface area contributed by atoms with E-state index in [1.165, 1.54) is 24.3 Å². The third-order valence-corrected chi connectivity index (χ3v) is 5.64. The molecule has 0 radical (unpaired) electrons. The van der Waals surface area contributed by atoms with Gasteiger partial charge in [-0.25, -0.2) is 4.39 Å². The first-order valence-corrected chi connectivity index (χ1v) is 11.3. The molecule has 1 N–H and O–H groups in total. The summed E-state index contributed by atoms with van der Waals surface area (Å²) in [6.07, 6.45) is -4.79. The first kappa shape index (κ1) is 25.9. The quantitative estimate of drug-likeness (QED) is 0.448. The number of hydrogen-bond acceptors (Lipinski definition) is 3. The molecule has 0 saturated carbocycles. The van der Waals surface area contributed by atoms with E-state index in [2.05, 4.69) is 5.32 Å². The summed E-state index contributed by atoms with van der Waals surface area (Å²) in [6, 6.07) is 10.1. The minimum atomic E-state index is -4.46. The maximum Gasteiger partial charge on any atom is 0.416 e. The molecule has 1 aliphatic rings. The van der Waals surface area contributed by atoms with Crippen LogP contribution in [0.5, 0.6) is 0 Å². The molecule has 184 valence electrons. The van der Waals surface area contributed by atoms with E-state index in [4.69, 9.17) is 17.0 Å². The van der Waals surface area contributed by atoms with Gasteiger partial charge in [0.2, 0.25) is 0 Å². The molecule has 1 unspecified atom stereocenters. The Kier molecular flexibility index (Phi) is 8.48. The molecule has 3 rings (SSSR count). The van der Waals surface area contributed by atoms with Crippen molar-refractivity contribution >= 4 is 28.9 Å². The molecule has 2 aromatic rings. The van der Waals surface area contributed by atoms with Crippen molar-refractivity contribution in [3.63, 3.8) is 0 Å². The Labute approximate surface area is 201 Å². The van der Waals surface area contributed by atoms with Crippen molar-refractivity contribution < 1.29 is 27.1 Å². The van der Waals surface area contributed by atoms with Gasteiger partial charge in [-0.1, -0.05) is 13.8 Å². The number of anilines is 1. The van der Waals surface area contributed by atoms with Crippen LogP contribution >= 0.6 is 12.2 Å². The SMILES string of the molecule is CC(C)CN(CC1CN(C(=S)Nc2ccc(F)cc2)CCO1)C(=O)c1ccc(C(F)(F)F)cc1. The number of halogens is 4. The summed E-state index contributed by atoms with van der Waals surface area (Å²) < 4.78 is 57.6. The Morgan fingerprint density at radius 1 is 1.18 bits per heavy atom. The van der Waals surface area contributed by atoms with Gasteiger partial charge in [-0.15, -0.1) is 0 Å². The van der Waals surface area contributed by atoms with Gasteiger partial charge in [-0.3, -0.25) is 4.79 Å². The summed E-state index contributed by atoms with van der Waals surface area (Å²) in [5.74, 6) is -0.541. The van der Waals surface area contributed by atoms with Crippen LogP contribution in [0.15, 0.2) is 48.5 Å². The fraction of sp³-hybridized carbons (Fsp3) is 0.417. The van der Waals surface area contributed by atoms with Crippen LogP contribution in [0.25, 0.3) is 0 Å². The van der Waals surface area contributed by atoms with E-state index >= 15 is 0 Å². The standard InChI is InChI=1S/C24H27F4N3O2S/c1-16(2)13-31(22(32)17-3-5-18(6-4-17)24(26,27)28)15-21-14-30(11-12-33-21)23(34)29-20-9-7-19(25)8-10-20/h3-10,16,21H,11-15H2,1-2H3,(H,29,34). The summed E-state index contributed by atoms with van der Waals surface area (Å²) in [7, 11) is 0. The maximum atomic E-state index is 13.1. The van der Waals surface area contributed by atoms with Crippen molar-refractivity contribution in [2.75, 3.05) is 38.1 Å². The maximum absolute atomic E-state index is 13.1. The highest BCUT2D eigenvalue weighted by molar-refractivity contribution is 7.80. The highest BCUT2D eigenvalue weighted by Gasteiger charge is 2.31. The number of nitrogens with zero attached hydrogens (tertiary/aromatic N) is 2. The molecule has 1 aliphatic heterocycles. The third-order valence-electron chi connectivity index (χ3n) is 5.28. The van der Waals surface area contributed by atoms with Crippen LogP contribution in [0.4, 0.5) is 23.2 Å². The highest BCUT2D eigenvalue weighted by atomic mass is 32.1. The van der Waals surface area contributed by atoms with Crippen molar-refractivity contribution in [3.05, 3.63) is 65.5 Å². The number of carbonyl (C=O) groups excluding carboxylic acids is 1. The Morgan fingerprint density at radius 3 is 2.41 bits per heavy atom. The lowest BCUT2D eigenvalue weighted by atomic mass is 10.1. The minimum absolute atomic E-state index is 0.152. The van der Waals surface area contributed by atoms with Crippen LogP contribution in [-0.4, -0.2) is 59.7 Å². The summed E-state index contributed by atoms with van der Waals surface area (Å²) in [6.45, 7) is 6.01. The van der Waals surface area contributed by atoms with Gasteiger partial charge in [0, 0.05) is 37.4 Å².